The maximum atomic E-state index is 13.1. The van der Waals surface area contributed by atoms with E-state index in [1.807, 2.05) is 45.9 Å². The fourth-order valence-electron chi connectivity index (χ4n) is 4.19. The van der Waals surface area contributed by atoms with E-state index in [2.05, 4.69) is 18.4 Å². The Bertz CT molecular complexity index is 875. The lowest BCUT2D eigenvalue weighted by molar-refractivity contribution is 0.0718. The van der Waals surface area contributed by atoms with Crippen molar-refractivity contribution in [3.05, 3.63) is 47.0 Å². The molecule has 144 valence electrons. The maximum absolute atomic E-state index is 13.1. The van der Waals surface area contributed by atoms with Crippen LogP contribution in [0, 0.1) is 13.8 Å². The third kappa shape index (κ3) is 3.40. The van der Waals surface area contributed by atoms with Crippen LogP contribution in [-0.2, 0) is 7.05 Å². The van der Waals surface area contributed by atoms with Gasteiger partial charge >= 0.3 is 0 Å². The van der Waals surface area contributed by atoms with Crippen molar-refractivity contribution in [2.75, 3.05) is 26.2 Å². The zero-order valence-corrected chi connectivity index (χ0v) is 16.4. The number of carbonyl (C=O) groups excluding carboxylic acids is 2. The molecule has 1 saturated carbocycles. The smallest absolute Gasteiger partial charge is 0.255 e. The van der Waals surface area contributed by atoms with E-state index in [4.69, 9.17) is 0 Å². The molecule has 1 saturated heterocycles. The van der Waals surface area contributed by atoms with Gasteiger partial charge in [0.15, 0.2) is 0 Å². The third-order valence-corrected chi connectivity index (χ3v) is 5.78. The zero-order chi connectivity index (χ0) is 19.1. The van der Waals surface area contributed by atoms with Crippen LogP contribution in [0.3, 0.4) is 0 Å². The zero-order valence-electron chi connectivity index (χ0n) is 16.4. The summed E-state index contributed by atoms with van der Waals surface area (Å²) >= 11 is 0. The number of rotatable bonds is 3. The van der Waals surface area contributed by atoms with E-state index < -0.39 is 0 Å². The summed E-state index contributed by atoms with van der Waals surface area (Å²) in [6.45, 7) is 6.71. The minimum absolute atomic E-state index is 0.0526. The van der Waals surface area contributed by atoms with Crippen molar-refractivity contribution in [3.63, 3.8) is 0 Å². The van der Waals surface area contributed by atoms with Gasteiger partial charge in [0.1, 0.15) is 0 Å². The molecule has 0 bridgehead atoms. The van der Waals surface area contributed by atoms with Gasteiger partial charge in [0, 0.05) is 63.1 Å². The van der Waals surface area contributed by atoms with Gasteiger partial charge in [-0.2, -0.15) is 0 Å². The van der Waals surface area contributed by atoms with Crippen molar-refractivity contribution in [1.29, 1.82) is 0 Å². The highest BCUT2D eigenvalue weighted by molar-refractivity contribution is 5.96. The van der Waals surface area contributed by atoms with E-state index in [1.165, 1.54) is 18.5 Å². The Hall–Kier alpha value is -2.50. The molecule has 2 aromatic rings. The number of carbonyl (C=O) groups is 2. The van der Waals surface area contributed by atoms with Crippen LogP contribution in [0.5, 0.6) is 0 Å². The monoisotopic (exact) mass is 368 g/mol. The molecule has 2 fully saturated rings. The topological polar surface area (TPSA) is 50.5 Å². The Morgan fingerprint density at radius 1 is 1.00 bits per heavy atom. The molecule has 0 radical (unpaired) electrons. The van der Waals surface area contributed by atoms with Crippen LogP contribution in [0.15, 0.2) is 24.5 Å². The van der Waals surface area contributed by atoms with Crippen molar-refractivity contribution < 1.29 is 9.59 Å². The predicted octanol–water partition coefficient (Wildman–Crippen LogP) is 2.77. The van der Waals surface area contributed by atoms with Gasteiger partial charge in [0.25, 0.3) is 11.8 Å². The van der Waals surface area contributed by atoms with E-state index in [0.717, 1.165) is 17.7 Å². The summed E-state index contributed by atoms with van der Waals surface area (Å²) in [6.07, 6.45) is 6.97. The maximum Gasteiger partial charge on any atom is 0.255 e. The molecule has 6 heteroatoms. The van der Waals surface area contributed by atoms with Gasteiger partial charge in [-0.1, -0.05) is 0 Å². The third-order valence-electron chi connectivity index (χ3n) is 5.78. The molecule has 0 N–H and O–H groups in total. The molecule has 4 rings (SSSR count). The van der Waals surface area contributed by atoms with Crippen LogP contribution >= 0.6 is 0 Å². The molecule has 1 aliphatic carbocycles. The molecule has 27 heavy (non-hydrogen) atoms. The fourth-order valence-corrected chi connectivity index (χ4v) is 4.19. The van der Waals surface area contributed by atoms with E-state index >= 15 is 0 Å². The highest BCUT2D eigenvalue weighted by Crippen LogP contribution is 2.38. The Morgan fingerprint density at radius 2 is 1.67 bits per heavy atom. The standard InChI is InChI=1S/C21H28N4O2/c1-15-13-19(16(2)25(15)18-5-6-18)21(27)24-9-4-8-23(11-12-24)20(26)17-7-10-22(3)14-17/h7,10,13-14,18H,4-6,8-9,11-12H2,1-3H3. The van der Waals surface area contributed by atoms with E-state index in [9.17, 15) is 9.59 Å². The van der Waals surface area contributed by atoms with Crippen molar-refractivity contribution in [2.45, 2.75) is 39.2 Å². The molecule has 0 unspecified atom stereocenters. The second-order valence-corrected chi connectivity index (χ2v) is 7.89. The van der Waals surface area contributed by atoms with Gasteiger partial charge in [-0.25, -0.2) is 0 Å². The first-order valence-corrected chi connectivity index (χ1v) is 9.84. The first-order valence-electron chi connectivity index (χ1n) is 9.84. The highest BCUT2D eigenvalue weighted by Gasteiger charge is 2.30. The number of aromatic nitrogens is 2. The Labute approximate surface area is 160 Å². The fraction of sp³-hybridized carbons (Fsp3) is 0.524. The van der Waals surface area contributed by atoms with Crippen LogP contribution in [0.4, 0.5) is 0 Å². The molecule has 2 aliphatic rings. The summed E-state index contributed by atoms with van der Waals surface area (Å²) in [5.41, 5.74) is 3.79. The lowest BCUT2D eigenvalue weighted by atomic mass is 10.2. The SMILES string of the molecule is Cc1cc(C(=O)N2CCCN(C(=O)c3ccn(C)c3)CC2)c(C)n1C1CC1. The van der Waals surface area contributed by atoms with Crippen LogP contribution in [0.25, 0.3) is 0 Å². The van der Waals surface area contributed by atoms with E-state index in [1.54, 1.807) is 0 Å². The summed E-state index contributed by atoms with van der Waals surface area (Å²) < 4.78 is 4.20. The Balaban J connectivity index is 1.46. The minimum atomic E-state index is 0.0526. The number of amides is 2. The number of aryl methyl sites for hydroxylation is 2. The largest absolute Gasteiger partial charge is 0.356 e. The highest BCUT2D eigenvalue weighted by atomic mass is 16.2. The number of hydrogen-bond donors (Lipinski definition) is 0. The average molecular weight is 368 g/mol. The molecule has 6 nitrogen and oxygen atoms in total. The van der Waals surface area contributed by atoms with Crippen LogP contribution < -0.4 is 0 Å². The average Bonchev–Trinajstić information content (AvgIpc) is 3.36. The van der Waals surface area contributed by atoms with E-state index in [0.29, 0.717) is 37.8 Å². The van der Waals surface area contributed by atoms with E-state index in [-0.39, 0.29) is 11.8 Å². The van der Waals surface area contributed by atoms with Gasteiger partial charge in [0.05, 0.1) is 11.1 Å². The summed E-state index contributed by atoms with van der Waals surface area (Å²) in [5, 5.41) is 0. The second kappa shape index (κ2) is 6.91. The van der Waals surface area contributed by atoms with Gasteiger partial charge in [-0.3, -0.25) is 9.59 Å². The van der Waals surface area contributed by atoms with Crippen molar-refractivity contribution in [3.8, 4) is 0 Å². The normalized spacial score (nSPS) is 17.9. The molecule has 0 atom stereocenters. The number of nitrogens with zero attached hydrogens (tertiary/aromatic N) is 4. The summed E-state index contributed by atoms with van der Waals surface area (Å²) in [5.74, 6) is 0.154. The quantitative estimate of drug-likeness (QED) is 0.836. The van der Waals surface area contributed by atoms with Gasteiger partial charge in [0.2, 0.25) is 0 Å². The molecule has 2 aromatic heterocycles. The van der Waals surface area contributed by atoms with Crippen molar-refractivity contribution >= 4 is 11.8 Å². The number of hydrogen-bond acceptors (Lipinski definition) is 2. The first kappa shape index (κ1) is 17.9. The van der Waals surface area contributed by atoms with Crippen molar-refractivity contribution in [2.24, 2.45) is 7.05 Å². The molecule has 3 heterocycles. The summed E-state index contributed by atoms with van der Waals surface area (Å²) in [6, 6.07) is 4.46. The lowest BCUT2D eigenvalue weighted by Gasteiger charge is -2.22. The summed E-state index contributed by atoms with van der Waals surface area (Å²) in [7, 11) is 1.91. The molecule has 1 aliphatic heterocycles. The molecule has 2 amide bonds. The van der Waals surface area contributed by atoms with Gasteiger partial charge < -0.3 is 18.9 Å². The predicted molar refractivity (Wildman–Crippen MR) is 104 cm³/mol. The van der Waals surface area contributed by atoms with Gasteiger partial charge in [-0.05, 0) is 45.2 Å². The Kier molecular flexibility index (Phi) is 4.58. The minimum Gasteiger partial charge on any atom is -0.356 e. The Morgan fingerprint density at radius 3 is 2.26 bits per heavy atom. The molecule has 0 aromatic carbocycles. The molecule has 0 spiro atoms. The second-order valence-electron chi connectivity index (χ2n) is 7.89. The lowest BCUT2D eigenvalue weighted by Crippen LogP contribution is -2.37. The van der Waals surface area contributed by atoms with Crippen LogP contribution in [0.2, 0.25) is 0 Å². The van der Waals surface area contributed by atoms with Crippen molar-refractivity contribution in [1.82, 2.24) is 18.9 Å². The van der Waals surface area contributed by atoms with Gasteiger partial charge in [-0.15, -0.1) is 0 Å². The molecular formula is C21H28N4O2. The molecular weight excluding hydrogens is 340 g/mol. The van der Waals surface area contributed by atoms with Crippen LogP contribution in [0.1, 0.15) is 57.4 Å². The van der Waals surface area contributed by atoms with Crippen LogP contribution in [-0.4, -0.2) is 56.9 Å². The summed E-state index contributed by atoms with van der Waals surface area (Å²) in [4.78, 5) is 29.6. The first-order chi connectivity index (χ1) is 13.0.